The van der Waals surface area contributed by atoms with Crippen molar-refractivity contribution in [2.75, 3.05) is 0 Å². The molecule has 0 spiro atoms. The van der Waals surface area contributed by atoms with Crippen LogP contribution in [0.3, 0.4) is 0 Å². The van der Waals surface area contributed by atoms with E-state index in [1.807, 2.05) is 6.92 Å². The lowest BCUT2D eigenvalue weighted by atomic mass is 9.87. The van der Waals surface area contributed by atoms with Crippen LogP contribution in [0.5, 0.6) is 0 Å². The fraction of sp³-hybridized carbons (Fsp3) is 0.824. The highest BCUT2D eigenvalue weighted by molar-refractivity contribution is 5.83. The van der Waals surface area contributed by atoms with E-state index in [4.69, 9.17) is 25.4 Å². The van der Waals surface area contributed by atoms with Gasteiger partial charge in [0.2, 0.25) is 0 Å². The summed E-state index contributed by atoms with van der Waals surface area (Å²) in [5.41, 5.74) is 5.68. The summed E-state index contributed by atoms with van der Waals surface area (Å²) in [5, 5.41) is 57.6. The summed E-state index contributed by atoms with van der Waals surface area (Å²) in [4.78, 5) is 71.6. The SMILES string of the molecule is CCCC[C@H](C)[C@H](OC(=O)C[C@H](CC(=O)O)C(=O)O)[C@H](C[C@H](C)C[C@H](O)CCCCCC[C@H](O)[C@@H](C)N)OC(=O)C[C@H](CC(=O)O)C(=O)O. The number of carbonyl (C=O) groups excluding carboxylic acids is 2. The summed E-state index contributed by atoms with van der Waals surface area (Å²) >= 11 is 0. The van der Waals surface area contributed by atoms with Crippen LogP contribution in [0.15, 0.2) is 0 Å². The Bertz CT molecular complexity index is 1030. The summed E-state index contributed by atoms with van der Waals surface area (Å²) < 4.78 is 11.4. The number of esters is 2. The summed E-state index contributed by atoms with van der Waals surface area (Å²) in [6.45, 7) is 7.23. The summed E-state index contributed by atoms with van der Waals surface area (Å²) in [6, 6.07) is -0.300. The minimum Gasteiger partial charge on any atom is -0.481 e. The Morgan fingerprint density at radius 3 is 1.57 bits per heavy atom. The van der Waals surface area contributed by atoms with Crippen molar-refractivity contribution in [3.8, 4) is 0 Å². The first kappa shape index (κ1) is 45.7. The van der Waals surface area contributed by atoms with Gasteiger partial charge in [0.05, 0.1) is 49.7 Å². The van der Waals surface area contributed by atoms with Crippen LogP contribution in [0.4, 0.5) is 0 Å². The molecule has 0 saturated carbocycles. The van der Waals surface area contributed by atoms with Gasteiger partial charge in [-0.1, -0.05) is 59.3 Å². The van der Waals surface area contributed by atoms with Gasteiger partial charge in [-0.25, -0.2) is 0 Å². The molecule has 0 rings (SSSR count). The molecule has 0 fully saturated rings. The number of carbonyl (C=O) groups is 6. The fourth-order valence-electron chi connectivity index (χ4n) is 5.66. The lowest BCUT2D eigenvalue weighted by molar-refractivity contribution is -0.177. The summed E-state index contributed by atoms with van der Waals surface area (Å²) in [5.74, 6) is -11.8. The number of unbranched alkanes of at least 4 members (excludes halogenated alkanes) is 4. The second-order valence-electron chi connectivity index (χ2n) is 13.4. The lowest BCUT2D eigenvalue weighted by Crippen LogP contribution is -2.42. The molecule has 0 radical (unpaired) electrons. The van der Waals surface area contributed by atoms with Crippen LogP contribution in [0, 0.1) is 23.7 Å². The van der Waals surface area contributed by atoms with E-state index >= 15 is 0 Å². The quantitative estimate of drug-likeness (QED) is 0.0433. The molecule has 15 heteroatoms. The first-order valence-corrected chi connectivity index (χ1v) is 17.3. The Hall–Kier alpha value is -3.30. The molecule has 0 aliphatic carbocycles. The third kappa shape index (κ3) is 21.4. The molecule has 0 amide bonds. The van der Waals surface area contributed by atoms with E-state index in [-0.39, 0.29) is 24.8 Å². The van der Waals surface area contributed by atoms with Crippen LogP contribution in [0.1, 0.15) is 124 Å². The van der Waals surface area contributed by atoms with Crippen LogP contribution >= 0.6 is 0 Å². The van der Waals surface area contributed by atoms with Crippen molar-refractivity contribution < 1.29 is 68.9 Å². The zero-order valence-corrected chi connectivity index (χ0v) is 29.3. The summed E-state index contributed by atoms with van der Waals surface area (Å²) in [7, 11) is 0. The van der Waals surface area contributed by atoms with Crippen LogP contribution in [-0.4, -0.2) is 96.9 Å². The highest BCUT2D eigenvalue weighted by Gasteiger charge is 2.37. The minimum atomic E-state index is -1.57. The molecule has 0 bridgehead atoms. The number of hydrogen-bond donors (Lipinski definition) is 7. The molecule has 8 N–H and O–H groups in total. The van der Waals surface area contributed by atoms with E-state index < -0.39 is 104 Å². The van der Waals surface area contributed by atoms with Gasteiger partial charge in [0, 0.05) is 6.04 Å². The lowest BCUT2D eigenvalue weighted by Gasteiger charge is -2.33. The number of hydrogen-bond acceptors (Lipinski definition) is 11. The highest BCUT2D eigenvalue weighted by Crippen LogP contribution is 2.29. The molecule has 284 valence electrons. The monoisotopic (exact) mass is 705 g/mol. The Kier molecular flexibility index (Phi) is 23.1. The van der Waals surface area contributed by atoms with Crippen LogP contribution in [-0.2, 0) is 38.2 Å². The van der Waals surface area contributed by atoms with E-state index in [0.717, 1.165) is 32.1 Å². The molecule has 0 aromatic carbocycles. The molecule has 0 aliphatic rings. The topological polar surface area (TPSA) is 268 Å². The van der Waals surface area contributed by atoms with Gasteiger partial charge >= 0.3 is 35.8 Å². The molecule has 49 heavy (non-hydrogen) atoms. The van der Waals surface area contributed by atoms with Gasteiger partial charge in [-0.3, -0.25) is 28.8 Å². The Morgan fingerprint density at radius 2 is 1.12 bits per heavy atom. The Morgan fingerprint density at radius 1 is 0.633 bits per heavy atom. The van der Waals surface area contributed by atoms with Crippen LogP contribution < -0.4 is 5.73 Å². The maximum absolute atomic E-state index is 13.0. The van der Waals surface area contributed by atoms with E-state index in [1.54, 1.807) is 20.8 Å². The van der Waals surface area contributed by atoms with Gasteiger partial charge < -0.3 is 45.8 Å². The van der Waals surface area contributed by atoms with E-state index in [9.17, 15) is 49.2 Å². The van der Waals surface area contributed by atoms with Crippen molar-refractivity contribution in [1.29, 1.82) is 0 Å². The van der Waals surface area contributed by atoms with Gasteiger partial charge in [-0.05, 0) is 50.9 Å². The van der Waals surface area contributed by atoms with Crippen molar-refractivity contribution in [2.45, 2.75) is 154 Å². The number of ether oxygens (including phenoxy) is 2. The molecule has 9 atom stereocenters. The van der Waals surface area contributed by atoms with Crippen molar-refractivity contribution in [1.82, 2.24) is 0 Å². The largest absolute Gasteiger partial charge is 0.481 e. The maximum Gasteiger partial charge on any atom is 0.307 e. The van der Waals surface area contributed by atoms with E-state index in [2.05, 4.69) is 0 Å². The molecular weight excluding hydrogens is 646 g/mol. The fourth-order valence-corrected chi connectivity index (χ4v) is 5.66. The normalized spacial score (nSPS) is 17.0. The number of rotatable bonds is 29. The Balaban J connectivity index is 5.94. The van der Waals surface area contributed by atoms with Gasteiger partial charge in [0.15, 0.2) is 0 Å². The van der Waals surface area contributed by atoms with Gasteiger partial charge in [0.1, 0.15) is 12.2 Å². The van der Waals surface area contributed by atoms with Crippen LogP contribution in [0.2, 0.25) is 0 Å². The van der Waals surface area contributed by atoms with E-state index in [1.165, 1.54) is 0 Å². The molecule has 0 aliphatic heterocycles. The predicted octanol–water partition coefficient (Wildman–Crippen LogP) is 3.59. The second kappa shape index (κ2) is 24.8. The molecule has 15 nitrogen and oxygen atoms in total. The third-order valence-electron chi connectivity index (χ3n) is 8.56. The number of aliphatic hydroxyl groups is 2. The molecule has 0 heterocycles. The zero-order valence-electron chi connectivity index (χ0n) is 29.3. The van der Waals surface area contributed by atoms with Crippen LogP contribution in [0.25, 0.3) is 0 Å². The van der Waals surface area contributed by atoms with Crippen molar-refractivity contribution in [3.05, 3.63) is 0 Å². The number of carboxylic acids is 4. The first-order chi connectivity index (χ1) is 22.9. The number of nitrogens with two attached hydrogens (primary N) is 1. The average molecular weight is 706 g/mol. The first-order valence-electron chi connectivity index (χ1n) is 17.3. The molecule has 0 unspecified atom stereocenters. The standard InChI is InChI=1S/C34H59NO14/c1-5-6-11-21(3)32(49-31(43)19-24(34(46)47)17-29(40)41)27(48-30(42)18-23(33(44)45)16-28(38)39)15-20(2)14-25(36)12-9-7-8-10-13-26(37)22(4)35/h20-27,32,36-37H,5-19,35H2,1-4H3,(H,38,39)(H,40,41)(H,44,45)(H,46,47)/t20-,21+,22-,23+,24+,25-,26+,27+,32+/m1/s1. The predicted molar refractivity (Wildman–Crippen MR) is 176 cm³/mol. The van der Waals surface area contributed by atoms with E-state index in [0.29, 0.717) is 25.7 Å². The van der Waals surface area contributed by atoms with Crippen molar-refractivity contribution >= 4 is 35.8 Å². The molecule has 0 saturated heterocycles. The zero-order chi connectivity index (χ0) is 37.7. The smallest absolute Gasteiger partial charge is 0.307 e. The van der Waals surface area contributed by atoms with Gasteiger partial charge in [-0.2, -0.15) is 0 Å². The highest BCUT2D eigenvalue weighted by atomic mass is 16.6. The maximum atomic E-state index is 13.0. The van der Waals surface area contributed by atoms with Gasteiger partial charge in [0.25, 0.3) is 0 Å². The molecule has 0 aromatic heterocycles. The second-order valence-corrected chi connectivity index (χ2v) is 13.4. The summed E-state index contributed by atoms with van der Waals surface area (Å²) in [6.07, 6.45) is -0.0465. The number of aliphatic hydroxyl groups excluding tert-OH is 2. The van der Waals surface area contributed by atoms with Crippen molar-refractivity contribution in [3.63, 3.8) is 0 Å². The van der Waals surface area contributed by atoms with Crippen molar-refractivity contribution in [2.24, 2.45) is 29.4 Å². The number of carboxylic acid groups (broad SMARTS) is 4. The minimum absolute atomic E-state index is 0.0700. The Labute approximate surface area is 288 Å². The molecule has 0 aromatic rings. The van der Waals surface area contributed by atoms with Gasteiger partial charge in [-0.15, -0.1) is 0 Å². The number of aliphatic carboxylic acids is 4. The average Bonchev–Trinajstić information content (AvgIpc) is 2.98. The molecular formula is C34H59NO14. The third-order valence-corrected chi connectivity index (χ3v) is 8.56.